The number of ether oxygens (including phenoxy) is 1. The van der Waals surface area contributed by atoms with Crippen molar-refractivity contribution in [2.24, 2.45) is 0 Å². The summed E-state index contributed by atoms with van der Waals surface area (Å²) < 4.78 is 47.3. The van der Waals surface area contributed by atoms with Crippen molar-refractivity contribution in [1.29, 1.82) is 0 Å². The van der Waals surface area contributed by atoms with Crippen LogP contribution in [0.2, 0.25) is 0 Å². The number of thiophene rings is 1. The van der Waals surface area contributed by atoms with E-state index in [1.807, 2.05) is 17.5 Å². The maximum Gasteiger partial charge on any atom is 0.410 e. The molecular formula is C19H23F3N4O2S. The summed E-state index contributed by atoms with van der Waals surface area (Å²) in [6.45, 7) is 1.16. The molecule has 0 radical (unpaired) electrons. The maximum absolute atomic E-state index is 13.8. The molecule has 0 bridgehead atoms. The van der Waals surface area contributed by atoms with Gasteiger partial charge in [0.15, 0.2) is 6.04 Å². The molecular weight excluding hydrogens is 405 g/mol. The van der Waals surface area contributed by atoms with Crippen LogP contribution in [0.15, 0.2) is 23.6 Å². The van der Waals surface area contributed by atoms with Gasteiger partial charge in [0.2, 0.25) is 5.91 Å². The van der Waals surface area contributed by atoms with Gasteiger partial charge in [-0.25, -0.2) is 4.68 Å². The first-order chi connectivity index (χ1) is 13.9. The summed E-state index contributed by atoms with van der Waals surface area (Å²) in [5.41, 5.74) is 0.660. The highest BCUT2D eigenvalue weighted by Crippen LogP contribution is 2.45. The third kappa shape index (κ3) is 4.13. The van der Waals surface area contributed by atoms with Gasteiger partial charge in [-0.15, -0.1) is 11.3 Å². The maximum atomic E-state index is 13.8. The number of nitrogens with zero attached hydrogens (tertiary/aromatic N) is 3. The van der Waals surface area contributed by atoms with Gasteiger partial charge in [-0.3, -0.25) is 4.79 Å². The fraction of sp³-hybridized carbons (Fsp3) is 0.579. The number of hydrogen-bond acceptors (Lipinski definition) is 5. The van der Waals surface area contributed by atoms with Crippen LogP contribution in [-0.4, -0.2) is 53.6 Å². The number of anilines is 1. The van der Waals surface area contributed by atoms with Crippen molar-refractivity contribution in [1.82, 2.24) is 14.7 Å². The molecule has 4 rings (SSSR count). The zero-order valence-corrected chi connectivity index (χ0v) is 16.8. The highest BCUT2D eigenvalue weighted by molar-refractivity contribution is 7.10. The van der Waals surface area contributed by atoms with E-state index < -0.39 is 12.2 Å². The van der Waals surface area contributed by atoms with E-state index in [9.17, 15) is 18.0 Å². The van der Waals surface area contributed by atoms with E-state index in [4.69, 9.17) is 4.74 Å². The van der Waals surface area contributed by atoms with Crippen molar-refractivity contribution in [3.05, 3.63) is 34.2 Å². The molecule has 1 fully saturated rings. The Morgan fingerprint density at radius 2 is 2.14 bits per heavy atom. The lowest BCUT2D eigenvalue weighted by Crippen LogP contribution is -2.39. The molecule has 2 atom stereocenters. The normalized spacial score (nSPS) is 23.0. The molecule has 4 heterocycles. The summed E-state index contributed by atoms with van der Waals surface area (Å²) in [4.78, 5) is 14.6. The van der Waals surface area contributed by atoms with E-state index >= 15 is 0 Å². The van der Waals surface area contributed by atoms with Crippen molar-refractivity contribution < 1.29 is 22.7 Å². The predicted molar refractivity (Wildman–Crippen MR) is 103 cm³/mol. The smallest absolute Gasteiger partial charge is 0.375 e. The molecule has 2 aliphatic rings. The molecule has 2 aromatic heterocycles. The van der Waals surface area contributed by atoms with E-state index in [2.05, 4.69) is 10.4 Å². The third-order valence-electron chi connectivity index (χ3n) is 5.63. The summed E-state index contributed by atoms with van der Waals surface area (Å²) in [5, 5.41) is 9.46. The molecule has 0 aliphatic carbocycles. The van der Waals surface area contributed by atoms with Crippen molar-refractivity contribution in [3.63, 3.8) is 0 Å². The van der Waals surface area contributed by atoms with E-state index in [1.54, 1.807) is 11.0 Å². The lowest BCUT2D eigenvalue weighted by atomic mass is 9.93. The van der Waals surface area contributed by atoms with Crippen molar-refractivity contribution >= 4 is 23.1 Å². The van der Waals surface area contributed by atoms with Crippen LogP contribution in [0.5, 0.6) is 0 Å². The monoisotopic (exact) mass is 428 g/mol. The summed E-state index contributed by atoms with van der Waals surface area (Å²) in [6.07, 6.45) is -3.10. The summed E-state index contributed by atoms with van der Waals surface area (Å²) in [6, 6.07) is 3.42. The molecule has 10 heteroatoms. The van der Waals surface area contributed by atoms with E-state index in [-0.39, 0.29) is 30.9 Å². The first-order valence-electron chi connectivity index (χ1n) is 9.59. The van der Waals surface area contributed by atoms with E-state index in [1.165, 1.54) is 18.4 Å². The number of piperidine rings is 1. The highest BCUT2D eigenvalue weighted by Gasteiger charge is 2.47. The molecule has 1 saturated heterocycles. The van der Waals surface area contributed by atoms with Crippen LogP contribution in [-0.2, 0) is 9.53 Å². The number of hydrogen-bond donors (Lipinski definition) is 1. The topological polar surface area (TPSA) is 59.4 Å². The minimum Gasteiger partial charge on any atom is -0.375 e. The SMILES string of the molecule is COCC(=O)N1CCC(c2cc3n(n2)[C@@H](C(F)(F)F)C[C@@H](c2cccs2)N3)CC1. The molecule has 29 heavy (non-hydrogen) atoms. The molecule has 1 N–H and O–H groups in total. The Balaban J connectivity index is 1.53. The number of carbonyl (C=O) groups is 1. The van der Waals surface area contributed by atoms with Gasteiger partial charge in [0.1, 0.15) is 12.4 Å². The zero-order valence-electron chi connectivity index (χ0n) is 16.0. The third-order valence-corrected chi connectivity index (χ3v) is 6.62. The van der Waals surface area contributed by atoms with Gasteiger partial charge in [0.05, 0.1) is 11.7 Å². The van der Waals surface area contributed by atoms with Gasteiger partial charge >= 0.3 is 6.18 Å². The van der Waals surface area contributed by atoms with Gasteiger partial charge in [-0.2, -0.15) is 18.3 Å². The van der Waals surface area contributed by atoms with E-state index in [0.29, 0.717) is 37.4 Å². The Kier molecular flexibility index (Phi) is 5.56. The molecule has 0 aromatic carbocycles. The number of amides is 1. The standard InChI is InChI=1S/C19H23F3N4O2S/c1-28-11-18(27)25-6-4-12(5-7-25)13-10-17-23-14(15-3-2-8-29-15)9-16(19(20,21)22)26(17)24-13/h2-3,8,10,12,14,16,23H,4-7,9,11H2,1H3/t14-,16+/m0/s1. The van der Waals surface area contributed by atoms with Gasteiger partial charge in [-0.05, 0) is 24.3 Å². The van der Waals surface area contributed by atoms with Crippen LogP contribution in [0.25, 0.3) is 0 Å². The predicted octanol–water partition coefficient (Wildman–Crippen LogP) is 3.96. The average molecular weight is 428 g/mol. The largest absolute Gasteiger partial charge is 0.410 e. The van der Waals surface area contributed by atoms with Crippen molar-refractivity contribution in [3.8, 4) is 0 Å². The van der Waals surface area contributed by atoms with Crippen LogP contribution < -0.4 is 5.32 Å². The Hall–Kier alpha value is -2.07. The number of methoxy groups -OCH3 is 1. The molecule has 0 spiro atoms. The Bertz CT molecular complexity index is 844. The zero-order chi connectivity index (χ0) is 20.6. The second-order valence-electron chi connectivity index (χ2n) is 7.49. The lowest BCUT2D eigenvalue weighted by molar-refractivity contribution is -0.173. The lowest BCUT2D eigenvalue weighted by Gasteiger charge is -2.33. The Morgan fingerprint density at radius 1 is 1.38 bits per heavy atom. The van der Waals surface area contributed by atoms with E-state index in [0.717, 1.165) is 9.56 Å². The summed E-state index contributed by atoms with van der Waals surface area (Å²) in [5.74, 6) is 0.383. The molecule has 1 amide bonds. The van der Waals surface area contributed by atoms with Crippen molar-refractivity contribution in [2.75, 3.05) is 32.1 Å². The molecule has 6 nitrogen and oxygen atoms in total. The van der Waals surface area contributed by atoms with Crippen LogP contribution in [0.3, 0.4) is 0 Å². The minimum absolute atomic E-state index is 0.0376. The second-order valence-corrected chi connectivity index (χ2v) is 8.47. The minimum atomic E-state index is -4.37. The second kappa shape index (κ2) is 7.98. The van der Waals surface area contributed by atoms with Gasteiger partial charge in [0, 0.05) is 43.5 Å². The van der Waals surface area contributed by atoms with Crippen LogP contribution in [0.4, 0.5) is 19.0 Å². The molecule has 158 valence electrons. The Morgan fingerprint density at radius 3 is 2.76 bits per heavy atom. The number of likely N-dealkylation sites (tertiary alicyclic amines) is 1. The molecule has 2 aromatic rings. The number of halogens is 3. The molecule has 2 aliphatic heterocycles. The summed E-state index contributed by atoms with van der Waals surface area (Å²) >= 11 is 1.45. The fourth-order valence-corrected chi connectivity index (χ4v) is 4.90. The first-order valence-corrected chi connectivity index (χ1v) is 10.5. The van der Waals surface area contributed by atoms with Gasteiger partial charge < -0.3 is 15.0 Å². The van der Waals surface area contributed by atoms with Crippen LogP contribution >= 0.6 is 11.3 Å². The first kappa shape index (κ1) is 20.2. The van der Waals surface area contributed by atoms with Crippen LogP contribution in [0.1, 0.15) is 47.8 Å². The fourth-order valence-electron chi connectivity index (χ4n) is 4.11. The number of nitrogens with one attached hydrogen (secondary N) is 1. The highest BCUT2D eigenvalue weighted by atomic mass is 32.1. The number of alkyl halides is 3. The van der Waals surface area contributed by atoms with Crippen LogP contribution in [0, 0.1) is 0 Å². The average Bonchev–Trinajstić information content (AvgIpc) is 3.36. The summed E-state index contributed by atoms with van der Waals surface area (Å²) in [7, 11) is 1.48. The molecule has 0 saturated carbocycles. The van der Waals surface area contributed by atoms with Gasteiger partial charge in [0.25, 0.3) is 0 Å². The number of aromatic nitrogens is 2. The van der Waals surface area contributed by atoms with Gasteiger partial charge in [-0.1, -0.05) is 6.07 Å². The van der Waals surface area contributed by atoms with Crippen molar-refractivity contribution in [2.45, 2.75) is 43.4 Å². The number of carbonyl (C=O) groups excluding carboxylic acids is 1. The number of rotatable bonds is 4. The molecule has 0 unspecified atom stereocenters. The Labute approximate surface area is 170 Å². The number of fused-ring (bicyclic) bond motifs is 1. The quantitative estimate of drug-likeness (QED) is 0.801.